The summed E-state index contributed by atoms with van der Waals surface area (Å²) < 4.78 is 65.6. The Kier molecular flexibility index (Phi) is 11.8. The molecule has 0 heterocycles. The van der Waals surface area contributed by atoms with Gasteiger partial charge in [-0.2, -0.15) is 0 Å². The molecule has 0 aliphatic carbocycles. The van der Waals surface area contributed by atoms with Gasteiger partial charge in [-0.15, -0.1) is 0 Å². The fourth-order valence-corrected chi connectivity index (χ4v) is 5.70. The second-order valence-corrected chi connectivity index (χ2v) is 16.2. The second-order valence-electron chi connectivity index (χ2n) is 8.69. The zero-order valence-electron chi connectivity index (χ0n) is 21.0. The third-order valence-corrected chi connectivity index (χ3v) is 7.51. The summed E-state index contributed by atoms with van der Waals surface area (Å²) in [5.74, 6) is 0.978. The van der Waals surface area contributed by atoms with Gasteiger partial charge >= 0.3 is 36.4 Å². The van der Waals surface area contributed by atoms with Crippen LogP contribution in [0.2, 0.25) is 0 Å². The number of unbranched alkanes of at least 4 members (excludes halogenated alkanes) is 7. The average Bonchev–Trinajstić information content (AvgIpc) is 2.83. The number of halogens is 6. The van der Waals surface area contributed by atoms with E-state index >= 15 is 0 Å². The van der Waals surface area contributed by atoms with Gasteiger partial charge < -0.3 is 4.74 Å². The summed E-state index contributed by atoms with van der Waals surface area (Å²) in [4.78, 5) is 4.01. The number of rotatable bonds is 13. The van der Waals surface area contributed by atoms with Gasteiger partial charge in [0, 0.05) is 0 Å². The van der Waals surface area contributed by atoms with Gasteiger partial charge in [0.15, 0.2) is 14.7 Å². The van der Waals surface area contributed by atoms with E-state index in [9.17, 15) is 16.9 Å². The summed E-state index contributed by atoms with van der Waals surface area (Å²) in [6.45, 7) is 3.09. The fourth-order valence-electron chi connectivity index (χ4n) is 3.62. The molecule has 37 heavy (non-hydrogen) atoms. The molecule has 0 aliphatic rings. The third-order valence-electron chi connectivity index (χ3n) is 5.28. The van der Waals surface area contributed by atoms with Crippen LogP contribution in [0.25, 0.3) is 0 Å². The Morgan fingerprint density at radius 1 is 0.541 bits per heavy atom. The van der Waals surface area contributed by atoms with E-state index in [1.54, 1.807) is 0 Å². The molecule has 0 saturated carbocycles. The number of benzene rings is 3. The van der Waals surface area contributed by atoms with E-state index in [1.165, 1.54) is 59.6 Å². The molecule has 3 aromatic rings. The number of hydrogen-bond acceptors (Lipinski definition) is 1. The first-order valence-electron chi connectivity index (χ1n) is 12.5. The summed E-state index contributed by atoms with van der Waals surface area (Å²) in [6.07, 6.45) is 10.6. The van der Waals surface area contributed by atoms with Gasteiger partial charge in [-0.05, 0) is 55.0 Å². The Morgan fingerprint density at radius 2 is 0.919 bits per heavy atom. The van der Waals surface area contributed by atoms with Crippen molar-refractivity contribution in [3.8, 4) is 5.75 Å². The standard InChI is InChI=1S/C28H35OS.6FH.Sb/c1-2-3-4-5-6-7-8-15-24-29-25-20-22-28(23-21-25)30(26-16-11-9-12-17-26)27-18-13-10-14-19-27;;;;;;;/h9-14,16-23H,2-8,15,24H2,1H3;6*1H;/q+1;;;;;;;+5/p-6. The minimum atomic E-state index is -11.2. The molecule has 3 rings (SSSR count). The molecule has 1 nitrogen and oxygen atoms in total. The molecule has 0 unspecified atom stereocenters. The Bertz CT molecular complexity index is 979. The van der Waals surface area contributed by atoms with Gasteiger partial charge in [0.1, 0.15) is 5.75 Å². The number of hydrogen-bond donors (Lipinski definition) is 0. The van der Waals surface area contributed by atoms with Gasteiger partial charge in [-0.25, -0.2) is 0 Å². The molecule has 0 radical (unpaired) electrons. The summed E-state index contributed by atoms with van der Waals surface area (Å²) in [5, 5.41) is 0. The second kappa shape index (κ2) is 13.8. The van der Waals surface area contributed by atoms with Gasteiger partial charge in [-0.3, -0.25) is 0 Å². The van der Waals surface area contributed by atoms with Crippen molar-refractivity contribution >= 4 is 30.4 Å². The van der Waals surface area contributed by atoms with Crippen LogP contribution < -0.4 is 4.74 Å². The van der Waals surface area contributed by atoms with E-state index in [0.29, 0.717) is 0 Å². The molecular weight excluding hydrogens is 620 g/mol. The average molecular weight is 655 g/mol. The van der Waals surface area contributed by atoms with Crippen molar-refractivity contribution in [2.75, 3.05) is 6.61 Å². The van der Waals surface area contributed by atoms with E-state index < -0.39 is 19.5 Å². The zero-order chi connectivity index (χ0) is 27.3. The first kappa shape index (κ1) is 31.4. The Morgan fingerprint density at radius 3 is 1.35 bits per heavy atom. The molecular formula is C28H35F6OSSb. The monoisotopic (exact) mass is 654 g/mol. The van der Waals surface area contributed by atoms with Crippen molar-refractivity contribution in [3.63, 3.8) is 0 Å². The zero-order valence-corrected chi connectivity index (χ0v) is 24.3. The molecule has 0 aromatic heterocycles. The van der Waals surface area contributed by atoms with Crippen LogP contribution in [0.1, 0.15) is 58.3 Å². The van der Waals surface area contributed by atoms with E-state index in [4.69, 9.17) is 4.74 Å². The van der Waals surface area contributed by atoms with Crippen molar-refractivity contribution in [1.29, 1.82) is 0 Å². The molecule has 0 spiro atoms. The van der Waals surface area contributed by atoms with Crippen LogP contribution in [-0.2, 0) is 10.9 Å². The molecule has 9 heteroatoms. The molecule has 0 amide bonds. The van der Waals surface area contributed by atoms with Gasteiger partial charge in [0.2, 0.25) is 0 Å². The molecule has 0 aliphatic heterocycles. The molecule has 0 atom stereocenters. The molecule has 206 valence electrons. The maximum absolute atomic E-state index is 11.2. The van der Waals surface area contributed by atoms with E-state index in [1.807, 2.05) is 0 Å². The molecule has 3 aromatic carbocycles. The molecule has 0 saturated heterocycles. The number of ether oxygens (including phenoxy) is 1. The third kappa shape index (κ3) is 15.9. The predicted molar refractivity (Wildman–Crippen MR) is 142 cm³/mol. The Hall–Kier alpha value is -1.79. The van der Waals surface area contributed by atoms with Crippen LogP contribution in [0.3, 0.4) is 0 Å². The van der Waals surface area contributed by atoms with Crippen LogP contribution in [0.5, 0.6) is 5.75 Å². The van der Waals surface area contributed by atoms with E-state index in [-0.39, 0.29) is 10.9 Å². The van der Waals surface area contributed by atoms with Crippen LogP contribution in [0.4, 0.5) is 16.9 Å². The maximum atomic E-state index is 9.93. The first-order valence-corrected chi connectivity index (χ1v) is 19.5. The summed E-state index contributed by atoms with van der Waals surface area (Å²) in [7, 11) is -0.0923. The topological polar surface area (TPSA) is 9.23 Å². The first-order chi connectivity index (χ1) is 17.3. The quantitative estimate of drug-likeness (QED) is 0.0771. The normalized spacial score (nSPS) is 13.3. The van der Waals surface area contributed by atoms with E-state index in [0.717, 1.165) is 18.8 Å². The summed E-state index contributed by atoms with van der Waals surface area (Å²) in [6, 6.07) is 30.3. The van der Waals surface area contributed by atoms with E-state index in [2.05, 4.69) is 91.9 Å². The molecule has 0 N–H and O–H groups in total. The van der Waals surface area contributed by atoms with Crippen molar-refractivity contribution in [2.24, 2.45) is 0 Å². The summed E-state index contributed by atoms with van der Waals surface area (Å²) in [5.41, 5.74) is 0. The minimum absolute atomic E-state index is 0.0923. The van der Waals surface area contributed by atoms with Crippen LogP contribution >= 0.6 is 0 Å². The van der Waals surface area contributed by atoms with Crippen molar-refractivity contribution < 1.29 is 21.6 Å². The SMILES string of the molecule is CCCCCCCCCCOc1ccc([S+](c2ccccc2)c2ccccc2)cc1.[F][Sb-]([F])([F])([F])([F])[F]. The van der Waals surface area contributed by atoms with Crippen LogP contribution in [0, 0.1) is 0 Å². The molecule has 0 fully saturated rings. The Balaban J connectivity index is 0.000000604. The van der Waals surface area contributed by atoms with Crippen molar-refractivity contribution in [3.05, 3.63) is 84.9 Å². The summed E-state index contributed by atoms with van der Waals surface area (Å²) >= 11 is -11.2. The van der Waals surface area contributed by atoms with Gasteiger partial charge in [0.25, 0.3) is 0 Å². The van der Waals surface area contributed by atoms with Gasteiger partial charge in [-0.1, -0.05) is 88.3 Å². The fraction of sp³-hybridized carbons (Fsp3) is 0.357. The van der Waals surface area contributed by atoms with Crippen LogP contribution in [0.15, 0.2) is 99.6 Å². The predicted octanol–water partition coefficient (Wildman–Crippen LogP) is 10.4. The van der Waals surface area contributed by atoms with Crippen molar-refractivity contribution in [2.45, 2.75) is 73.0 Å². The van der Waals surface area contributed by atoms with Crippen LogP contribution in [-0.4, -0.2) is 26.1 Å². The van der Waals surface area contributed by atoms with Gasteiger partial charge in [0.05, 0.1) is 17.5 Å². The Labute approximate surface area is 221 Å². The van der Waals surface area contributed by atoms with Crippen molar-refractivity contribution in [1.82, 2.24) is 0 Å². The molecule has 0 bridgehead atoms.